The van der Waals surface area contributed by atoms with Crippen LogP contribution in [-0.4, -0.2) is 50.0 Å². The fourth-order valence-corrected chi connectivity index (χ4v) is 3.23. The van der Waals surface area contributed by atoms with Crippen LogP contribution in [0.2, 0.25) is 0 Å². The van der Waals surface area contributed by atoms with Gasteiger partial charge in [-0.1, -0.05) is 13.8 Å². The van der Waals surface area contributed by atoms with Crippen molar-refractivity contribution in [2.75, 3.05) is 32.9 Å². The number of hydrogen-bond acceptors (Lipinski definition) is 3. The van der Waals surface area contributed by atoms with Gasteiger partial charge in [-0.15, -0.1) is 0 Å². The first kappa shape index (κ1) is 12.3. The van der Waals surface area contributed by atoms with Crippen molar-refractivity contribution in [1.29, 1.82) is 0 Å². The van der Waals surface area contributed by atoms with Crippen molar-refractivity contribution >= 4 is 0 Å². The average molecular weight is 227 g/mol. The van der Waals surface area contributed by atoms with Gasteiger partial charge in [0.1, 0.15) is 0 Å². The molecule has 0 N–H and O–H groups in total. The molecule has 94 valence electrons. The first-order valence-electron chi connectivity index (χ1n) is 6.58. The number of hydrogen-bond donors (Lipinski definition) is 0. The number of likely N-dealkylation sites (tertiary alicyclic amines) is 1. The summed E-state index contributed by atoms with van der Waals surface area (Å²) in [5.41, 5.74) is 0.418. The molecule has 2 aliphatic rings. The molecule has 2 atom stereocenters. The summed E-state index contributed by atoms with van der Waals surface area (Å²) < 4.78 is 11.3. The Morgan fingerprint density at radius 2 is 2.25 bits per heavy atom. The highest BCUT2D eigenvalue weighted by Crippen LogP contribution is 2.41. The van der Waals surface area contributed by atoms with Crippen LogP contribution >= 0.6 is 0 Å². The largest absolute Gasteiger partial charge is 0.380 e. The van der Waals surface area contributed by atoms with Gasteiger partial charge in [-0.25, -0.2) is 0 Å². The highest BCUT2D eigenvalue weighted by Gasteiger charge is 2.50. The molecule has 0 saturated carbocycles. The third kappa shape index (κ3) is 2.41. The van der Waals surface area contributed by atoms with Crippen LogP contribution in [0.5, 0.6) is 0 Å². The molecule has 2 fully saturated rings. The van der Waals surface area contributed by atoms with E-state index in [0.717, 1.165) is 26.4 Å². The number of rotatable bonds is 5. The van der Waals surface area contributed by atoms with Crippen LogP contribution in [0.25, 0.3) is 0 Å². The van der Waals surface area contributed by atoms with Gasteiger partial charge < -0.3 is 9.47 Å². The van der Waals surface area contributed by atoms with E-state index < -0.39 is 0 Å². The van der Waals surface area contributed by atoms with Crippen LogP contribution in [0.3, 0.4) is 0 Å². The Bertz CT molecular complexity index is 224. The van der Waals surface area contributed by atoms with E-state index in [4.69, 9.17) is 9.47 Å². The molecule has 2 aliphatic heterocycles. The van der Waals surface area contributed by atoms with Crippen molar-refractivity contribution in [2.45, 2.75) is 45.8 Å². The third-order valence-corrected chi connectivity index (χ3v) is 3.85. The lowest BCUT2D eigenvalue weighted by Gasteiger charge is -2.56. The Morgan fingerprint density at radius 1 is 1.44 bits per heavy atom. The van der Waals surface area contributed by atoms with Gasteiger partial charge in [0, 0.05) is 32.3 Å². The molecule has 0 spiro atoms. The van der Waals surface area contributed by atoms with Gasteiger partial charge >= 0.3 is 0 Å². The molecule has 0 radical (unpaired) electrons. The lowest BCUT2D eigenvalue weighted by molar-refractivity contribution is -0.124. The van der Waals surface area contributed by atoms with Gasteiger partial charge in [0.2, 0.25) is 0 Å². The summed E-state index contributed by atoms with van der Waals surface area (Å²) in [5, 5.41) is 0. The smallest absolute Gasteiger partial charge is 0.0736 e. The van der Waals surface area contributed by atoms with E-state index in [1.54, 1.807) is 0 Å². The molecule has 3 heteroatoms. The van der Waals surface area contributed by atoms with Gasteiger partial charge in [0.15, 0.2) is 0 Å². The minimum Gasteiger partial charge on any atom is -0.380 e. The van der Waals surface area contributed by atoms with Gasteiger partial charge in [-0.3, -0.25) is 4.90 Å². The number of ether oxygens (including phenoxy) is 2. The van der Waals surface area contributed by atoms with E-state index in [0.29, 0.717) is 17.6 Å². The molecule has 2 saturated heterocycles. The highest BCUT2D eigenvalue weighted by atomic mass is 16.5. The summed E-state index contributed by atoms with van der Waals surface area (Å²) in [6.07, 6.45) is 2.93. The van der Waals surface area contributed by atoms with Crippen molar-refractivity contribution < 1.29 is 9.47 Å². The molecule has 0 aliphatic carbocycles. The summed E-state index contributed by atoms with van der Waals surface area (Å²) in [5.74, 6) is 0. The maximum atomic E-state index is 5.85. The van der Waals surface area contributed by atoms with Crippen molar-refractivity contribution in [3.05, 3.63) is 0 Å². The van der Waals surface area contributed by atoms with E-state index in [9.17, 15) is 0 Å². The van der Waals surface area contributed by atoms with Crippen LogP contribution in [0.15, 0.2) is 0 Å². The Labute approximate surface area is 99.1 Å². The minimum atomic E-state index is 0.418. The zero-order valence-corrected chi connectivity index (χ0v) is 10.9. The predicted octanol–water partition coefficient (Wildman–Crippen LogP) is 1.91. The fraction of sp³-hybridized carbons (Fsp3) is 1.00. The summed E-state index contributed by atoms with van der Waals surface area (Å²) in [7, 11) is 0. The van der Waals surface area contributed by atoms with E-state index in [2.05, 4.69) is 25.7 Å². The average Bonchev–Trinajstić information content (AvgIpc) is 2.69. The summed E-state index contributed by atoms with van der Waals surface area (Å²) in [6, 6.07) is 0.607. The lowest BCUT2D eigenvalue weighted by Crippen LogP contribution is -2.66. The Balaban J connectivity index is 1.84. The Kier molecular flexibility index (Phi) is 3.88. The van der Waals surface area contributed by atoms with Crippen LogP contribution in [-0.2, 0) is 9.47 Å². The maximum absolute atomic E-state index is 5.85. The normalized spacial score (nSPS) is 33.9. The molecule has 0 aromatic carbocycles. The SMILES string of the molecule is CCOCCN1CC(C)(C)C1C1CCCO1. The second kappa shape index (κ2) is 5.03. The second-order valence-corrected chi connectivity index (χ2v) is 5.65. The van der Waals surface area contributed by atoms with E-state index >= 15 is 0 Å². The van der Waals surface area contributed by atoms with Gasteiger partial charge in [0.25, 0.3) is 0 Å². The van der Waals surface area contributed by atoms with Crippen LogP contribution in [0, 0.1) is 5.41 Å². The molecule has 3 nitrogen and oxygen atoms in total. The molecular formula is C13H25NO2. The minimum absolute atomic E-state index is 0.418. The van der Waals surface area contributed by atoms with Gasteiger partial charge in [-0.2, -0.15) is 0 Å². The molecule has 0 aromatic heterocycles. The summed E-state index contributed by atoms with van der Waals surface area (Å²) in [4.78, 5) is 2.53. The third-order valence-electron chi connectivity index (χ3n) is 3.85. The zero-order chi connectivity index (χ0) is 11.6. The molecular weight excluding hydrogens is 202 g/mol. The maximum Gasteiger partial charge on any atom is 0.0736 e. The van der Waals surface area contributed by atoms with E-state index in [1.165, 1.54) is 19.4 Å². The van der Waals surface area contributed by atoms with E-state index in [-0.39, 0.29) is 0 Å². The molecule has 2 rings (SSSR count). The fourth-order valence-electron chi connectivity index (χ4n) is 3.23. The van der Waals surface area contributed by atoms with Crippen molar-refractivity contribution in [2.24, 2.45) is 5.41 Å². The molecule has 0 amide bonds. The van der Waals surface area contributed by atoms with Crippen molar-refractivity contribution in [1.82, 2.24) is 4.90 Å². The zero-order valence-electron chi connectivity index (χ0n) is 10.9. The van der Waals surface area contributed by atoms with E-state index in [1.807, 2.05) is 0 Å². The highest BCUT2D eigenvalue weighted by molar-refractivity contribution is 5.03. The monoisotopic (exact) mass is 227 g/mol. The van der Waals surface area contributed by atoms with Crippen molar-refractivity contribution in [3.63, 3.8) is 0 Å². The van der Waals surface area contributed by atoms with Crippen LogP contribution in [0.4, 0.5) is 0 Å². The molecule has 16 heavy (non-hydrogen) atoms. The topological polar surface area (TPSA) is 21.7 Å². The van der Waals surface area contributed by atoms with Crippen LogP contribution in [0.1, 0.15) is 33.6 Å². The standard InChI is InChI=1S/C13H25NO2/c1-4-15-9-7-14-10-13(2,3)12(14)11-6-5-8-16-11/h11-12H,4-10H2,1-3H3. The lowest BCUT2D eigenvalue weighted by atomic mass is 9.72. The second-order valence-electron chi connectivity index (χ2n) is 5.65. The molecule has 2 unspecified atom stereocenters. The molecule has 0 bridgehead atoms. The quantitative estimate of drug-likeness (QED) is 0.670. The Hall–Kier alpha value is -0.120. The molecule has 2 heterocycles. The molecule has 0 aromatic rings. The van der Waals surface area contributed by atoms with Crippen LogP contribution < -0.4 is 0 Å². The first-order chi connectivity index (χ1) is 7.65. The van der Waals surface area contributed by atoms with Gasteiger partial charge in [-0.05, 0) is 25.2 Å². The Morgan fingerprint density at radius 3 is 2.81 bits per heavy atom. The summed E-state index contributed by atoms with van der Waals surface area (Å²) >= 11 is 0. The van der Waals surface area contributed by atoms with Gasteiger partial charge in [0.05, 0.1) is 12.7 Å². The van der Waals surface area contributed by atoms with Crippen molar-refractivity contribution in [3.8, 4) is 0 Å². The number of nitrogens with zero attached hydrogens (tertiary/aromatic N) is 1. The predicted molar refractivity (Wildman–Crippen MR) is 64.6 cm³/mol. The first-order valence-corrected chi connectivity index (χ1v) is 6.58. The summed E-state index contributed by atoms with van der Waals surface area (Å²) in [6.45, 7) is 11.6.